The first-order chi connectivity index (χ1) is 11.7. The van der Waals surface area contributed by atoms with Crippen LogP contribution in [0.25, 0.3) is 6.08 Å². The standard InChI is InChI=1S/C21H17PS2/c23-21(24)22(19-12-6-2-7-13-19,20-14-8-3-9-15-20)17-16-18-10-4-1-5-11-18/h1-16H,(H,23,24). The van der Waals surface area contributed by atoms with Crippen molar-refractivity contribution < 1.29 is 0 Å². The summed E-state index contributed by atoms with van der Waals surface area (Å²) < 4.78 is 0.687. The van der Waals surface area contributed by atoms with E-state index in [1.54, 1.807) is 0 Å². The van der Waals surface area contributed by atoms with Gasteiger partial charge in [-0.1, -0.05) is 103 Å². The lowest BCUT2D eigenvalue weighted by molar-refractivity contribution is 1.67. The minimum atomic E-state index is -2.15. The second kappa shape index (κ2) is 7.83. The molecule has 0 amide bonds. The fourth-order valence-corrected chi connectivity index (χ4v) is 6.98. The predicted molar refractivity (Wildman–Crippen MR) is 117 cm³/mol. The van der Waals surface area contributed by atoms with E-state index >= 15 is 0 Å². The quantitative estimate of drug-likeness (QED) is 0.387. The van der Waals surface area contributed by atoms with Crippen LogP contribution in [0, 0.1) is 0 Å². The molecule has 0 radical (unpaired) electrons. The highest BCUT2D eigenvalue weighted by atomic mass is 32.1. The zero-order chi connectivity index (χ0) is 16.8. The molecular formula is C21H17PS2. The zero-order valence-electron chi connectivity index (χ0n) is 13.0. The molecule has 0 aliphatic heterocycles. The number of benzene rings is 3. The SMILES string of the molecule is S=C(S)P(=C=Cc1ccccc1)(c1ccccc1)c1ccccc1. The van der Waals surface area contributed by atoms with Crippen molar-refractivity contribution in [1.29, 1.82) is 0 Å². The molecule has 0 aliphatic carbocycles. The summed E-state index contributed by atoms with van der Waals surface area (Å²) in [6.07, 6.45) is 2.04. The van der Waals surface area contributed by atoms with Crippen LogP contribution in [0.1, 0.15) is 5.56 Å². The molecule has 3 aromatic carbocycles. The third kappa shape index (κ3) is 3.48. The maximum atomic E-state index is 5.64. The summed E-state index contributed by atoms with van der Waals surface area (Å²) in [5, 5.41) is 2.34. The van der Waals surface area contributed by atoms with Gasteiger partial charge < -0.3 is 0 Å². The Labute approximate surface area is 154 Å². The molecule has 0 spiro atoms. The maximum Gasteiger partial charge on any atom is 0.0832 e. The van der Waals surface area contributed by atoms with E-state index in [2.05, 4.69) is 54.5 Å². The van der Waals surface area contributed by atoms with Gasteiger partial charge in [0.2, 0.25) is 0 Å². The number of hydrogen-bond acceptors (Lipinski definition) is 1. The van der Waals surface area contributed by atoms with E-state index < -0.39 is 6.89 Å². The molecular weight excluding hydrogens is 347 g/mol. The van der Waals surface area contributed by atoms with E-state index in [4.69, 9.17) is 12.2 Å². The summed E-state index contributed by atoms with van der Waals surface area (Å²) in [6.45, 7) is -2.15. The van der Waals surface area contributed by atoms with Crippen molar-refractivity contribution in [2.75, 3.05) is 0 Å². The first kappa shape index (κ1) is 17.0. The largest absolute Gasteiger partial charge is 0.130 e. The Balaban J connectivity index is 2.36. The predicted octanol–water partition coefficient (Wildman–Crippen LogP) is 4.98. The van der Waals surface area contributed by atoms with E-state index in [1.165, 1.54) is 10.6 Å². The summed E-state index contributed by atoms with van der Waals surface area (Å²) in [5.74, 6) is 0. The lowest BCUT2D eigenvalue weighted by Gasteiger charge is -2.23. The first-order valence-corrected chi connectivity index (χ1v) is 10.3. The van der Waals surface area contributed by atoms with Crippen LogP contribution >= 0.6 is 31.7 Å². The van der Waals surface area contributed by atoms with Crippen LogP contribution in [-0.4, -0.2) is 9.39 Å². The van der Waals surface area contributed by atoms with Gasteiger partial charge in [0.1, 0.15) is 0 Å². The van der Waals surface area contributed by atoms with Crippen molar-refractivity contribution in [1.82, 2.24) is 0 Å². The fourth-order valence-electron chi connectivity index (χ4n) is 2.60. The maximum absolute atomic E-state index is 5.64. The first-order valence-electron chi connectivity index (χ1n) is 7.63. The number of thiol groups is 1. The van der Waals surface area contributed by atoms with Crippen LogP contribution in [-0.2, 0) is 0 Å². The average Bonchev–Trinajstić information content (AvgIpc) is 2.65. The van der Waals surface area contributed by atoms with Gasteiger partial charge in [-0.2, -0.15) is 0 Å². The number of rotatable bonds is 4. The molecule has 0 aromatic heterocycles. The highest BCUT2D eigenvalue weighted by Crippen LogP contribution is 2.47. The topological polar surface area (TPSA) is 0 Å². The van der Waals surface area contributed by atoms with Crippen LogP contribution in [0.15, 0.2) is 91.0 Å². The lowest BCUT2D eigenvalue weighted by atomic mass is 10.2. The van der Waals surface area contributed by atoms with Crippen molar-refractivity contribution in [3.8, 4) is 0 Å². The molecule has 0 saturated heterocycles. The smallest absolute Gasteiger partial charge is 0.0832 e. The summed E-state index contributed by atoms with van der Waals surface area (Å²) in [6, 6.07) is 30.9. The van der Waals surface area contributed by atoms with Gasteiger partial charge in [0.05, 0.1) is 3.94 Å². The van der Waals surface area contributed by atoms with Gasteiger partial charge >= 0.3 is 0 Å². The third-order valence-electron chi connectivity index (χ3n) is 3.80. The van der Waals surface area contributed by atoms with Gasteiger partial charge in [-0.3, -0.25) is 0 Å². The molecule has 0 aliphatic rings. The molecule has 3 rings (SSSR count). The van der Waals surface area contributed by atoms with Crippen molar-refractivity contribution in [3.63, 3.8) is 0 Å². The number of thiocarbonyl (C=S) groups is 1. The normalized spacial score (nSPS) is 10.7. The van der Waals surface area contributed by atoms with E-state index in [0.29, 0.717) is 3.94 Å². The average molecular weight is 364 g/mol. The molecule has 0 fully saturated rings. The van der Waals surface area contributed by atoms with Crippen molar-refractivity contribution in [2.24, 2.45) is 0 Å². The van der Waals surface area contributed by atoms with Gasteiger partial charge in [0.25, 0.3) is 0 Å². The molecule has 24 heavy (non-hydrogen) atoms. The van der Waals surface area contributed by atoms with E-state index in [-0.39, 0.29) is 0 Å². The van der Waals surface area contributed by atoms with Crippen LogP contribution in [0.5, 0.6) is 0 Å². The lowest BCUT2D eigenvalue weighted by Crippen LogP contribution is -2.20. The van der Waals surface area contributed by atoms with Crippen molar-refractivity contribution in [2.45, 2.75) is 0 Å². The Morgan fingerprint density at radius 1 is 0.750 bits per heavy atom. The Kier molecular flexibility index (Phi) is 5.56. The van der Waals surface area contributed by atoms with E-state index in [0.717, 1.165) is 5.56 Å². The highest BCUT2D eigenvalue weighted by Gasteiger charge is 2.25. The van der Waals surface area contributed by atoms with Gasteiger partial charge in [0, 0.05) is 6.89 Å². The van der Waals surface area contributed by atoms with E-state index in [1.807, 2.05) is 60.7 Å². The minimum Gasteiger partial charge on any atom is -0.130 e. The van der Waals surface area contributed by atoms with Gasteiger partial charge in [-0.15, -0.1) is 18.1 Å². The molecule has 118 valence electrons. The summed E-state index contributed by atoms with van der Waals surface area (Å²) in [4.78, 5) is 0. The summed E-state index contributed by atoms with van der Waals surface area (Å²) in [5.41, 5.74) is 4.76. The zero-order valence-corrected chi connectivity index (χ0v) is 15.6. The van der Waals surface area contributed by atoms with Gasteiger partial charge in [0.15, 0.2) is 0 Å². The van der Waals surface area contributed by atoms with Crippen molar-refractivity contribution in [3.05, 3.63) is 96.6 Å². The van der Waals surface area contributed by atoms with Gasteiger partial charge in [-0.05, 0) is 22.2 Å². The molecule has 0 N–H and O–H groups in total. The molecule has 0 atom stereocenters. The fraction of sp³-hybridized carbons (Fsp3) is 0. The second-order valence-corrected chi connectivity index (χ2v) is 10.2. The van der Waals surface area contributed by atoms with Crippen LogP contribution in [0.2, 0.25) is 0 Å². The highest BCUT2D eigenvalue weighted by molar-refractivity contribution is 8.34. The van der Waals surface area contributed by atoms with Crippen molar-refractivity contribution >= 4 is 57.8 Å². The molecule has 0 bridgehead atoms. The summed E-state index contributed by atoms with van der Waals surface area (Å²) in [7, 11) is 0. The molecule has 0 heterocycles. The molecule has 0 nitrogen and oxygen atoms in total. The Morgan fingerprint density at radius 2 is 1.17 bits per heavy atom. The van der Waals surface area contributed by atoms with Crippen LogP contribution in [0.4, 0.5) is 0 Å². The minimum absolute atomic E-state index is 0.687. The Morgan fingerprint density at radius 3 is 1.58 bits per heavy atom. The van der Waals surface area contributed by atoms with Crippen LogP contribution in [0.3, 0.4) is 0 Å². The Hall–Kier alpha value is -1.82. The second-order valence-electron chi connectivity index (χ2n) is 5.31. The molecule has 3 heteroatoms. The third-order valence-corrected chi connectivity index (χ3v) is 8.76. The molecule has 0 saturated carbocycles. The molecule has 3 aromatic rings. The molecule has 0 unspecified atom stereocenters. The monoisotopic (exact) mass is 364 g/mol. The van der Waals surface area contributed by atoms with E-state index in [9.17, 15) is 0 Å². The number of hydrogen-bond donors (Lipinski definition) is 1. The summed E-state index contributed by atoms with van der Waals surface area (Å²) >= 11 is 10.3. The Bertz CT molecular complexity index is 866. The van der Waals surface area contributed by atoms with Gasteiger partial charge in [-0.25, -0.2) is 0 Å². The van der Waals surface area contributed by atoms with Crippen LogP contribution < -0.4 is 10.6 Å².